The Morgan fingerprint density at radius 3 is 2.47 bits per heavy atom. The van der Waals surface area contributed by atoms with Crippen LogP contribution in [0.5, 0.6) is 0 Å². The summed E-state index contributed by atoms with van der Waals surface area (Å²) in [6.07, 6.45) is 2.35. The SMILES string of the molecule is CCC(CC)C(Cc1cccc(Cl)c1)C(=O)O. The summed E-state index contributed by atoms with van der Waals surface area (Å²) in [5.41, 5.74) is 0.997. The number of rotatable bonds is 6. The molecule has 0 bridgehead atoms. The van der Waals surface area contributed by atoms with Crippen LogP contribution in [0.2, 0.25) is 5.02 Å². The quantitative estimate of drug-likeness (QED) is 0.833. The Labute approximate surface area is 108 Å². The van der Waals surface area contributed by atoms with Crippen molar-refractivity contribution in [1.29, 1.82) is 0 Å². The van der Waals surface area contributed by atoms with Crippen LogP contribution in [0, 0.1) is 11.8 Å². The monoisotopic (exact) mass is 254 g/mol. The summed E-state index contributed by atoms with van der Waals surface area (Å²) in [4.78, 5) is 11.3. The third-order valence-corrected chi connectivity index (χ3v) is 3.51. The Morgan fingerprint density at radius 2 is 2.00 bits per heavy atom. The first-order valence-electron chi connectivity index (χ1n) is 6.05. The third-order valence-electron chi connectivity index (χ3n) is 3.28. The average molecular weight is 255 g/mol. The molecule has 0 spiro atoms. The summed E-state index contributed by atoms with van der Waals surface area (Å²) in [5.74, 6) is -0.798. The van der Waals surface area contributed by atoms with Crippen molar-refractivity contribution in [2.24, 2.45) is 11.8 Å². The van der Waals surface area contributed by atoms with Gasteiger partial charge in [-0.25, -0.2) is 0 Å². The van der Waals surface area contributed by atoms with Gasteiger partial charge in [0, 0.05) is 5.02 Å². The number of carboxylic acid groups (broad SMARTS) is 1. The number of carboxylic acids is 1. The topological polar surface area (TPSA) is 37.3 Å². The summed E-state index contributed by atoms with van der Waals surface area (Å²) in [6.45, 7) is 4.09. The van der Waals surface area contributed by atoms with Crippen molar-refractivity contribution < 1.29 is 9.90 Å². The van der Waals surface area contributed by atoms with Gasteiger partial charge in [-0.15, -0.1) is 0 Å². The van der Waals surface area contributed by atoms with Gasteiger partial charge in [-0.3, -0.25) is 4.79 Å². The van der Waals surface area contributed by atoms with Crippen LogP contribution in [-0.4, -0.2) is 11.1 Å². The molecule has 0 aliphatic rings. The Balaban J connectivity index is 2.83. The predicted molar refractivity (Wildman–Crippen MR) is 70.4 cm³/mol. The molecule has 0 radical (unpaired) electrons. The molecule has 0 amide bonds. The van der Waals surface area contributed by atoms with E-state index in [4.69, 9.17) is 11.6 Å². The molecule has 1 aromatic carbocycles. The summed E-state index contributed by atoms with van der Waals surface area (Å²) >= 11 is 5.91. The summed E-state index contributed by atoms with van der Waals surface area (Å²) in [5, 5.41) is 9.97. The van der Waals surface area contributed by atoms with Gasteiger partial charge in [-0.05, 0) is 30.0 Å². The van der Waals surface area contributed by atoms with E-state index < -0.39 is 5.97 Å². The maximum atomic E-state index is 11.3. The first-order chi connectivity index (χ1) is 8.08. The molecule has 0 fully saturated rings. The molecule has 0 aliphatic heterocycles. The van der Waals surface area contributed by atoms with Gasteiger partial charge < -0.3 is 5.11 Å². The smallest absolute Gasteiger partial charge is 0.307 e. The fraction of sp³-hybridized carbons (Fsp3) is 0.500. The zero-order chi connectivity index (χ0) is 12.8. The highest BCUT2D eigenvalue weighted by Crippen LogP contribution is 2.25. The Bertz CT molecular complexity index is 372. The van der Waals surface area contributed by atoms with E-state index in [0.717, 1.165) is 18.4 Å². The van der Waals surface area contributed by atoms with E-state index in [9.17, 15) is 9.90 Å². The maximum absolute atomic E-state index is 11.3. The van der Waals surface area contributed by atoms with E-state index in [1.807, 2.05) is 32.0 Å². The molecule has 1 rings (SSSR count). The molecule has 17 heavy (non-hydrogen) atoms. The zero-order valence-corrected chi connectivity index (χ0v) is 11.1. The van der Waals surface area contributed by atoms with Crippen LogP contribution in [0.1, 0.15) is 32.3 Å². The Hall–Kier alpha value is -1.02. The van der Waals surface area contributed by atoms with E-state index >= 15 is 0 Å². The lowest BCUT2D eigenvalue weighted by molar-refractivity contribution is -0.143. The second kappa shape index (κ2) is 6.65. The van der Waals surface area contributed by atoms with Crippen LogP contribution < -0.4 is 0 Å². The first-order valence-corrected chi connectivity index (χ1v) is 6.43. The van der Waals surface area contributed by atoms with Gasteiger partial charge in [0.2, 0.25) is 0 Å². The molecule has 1 atom stereocenters. The van der Waals surface area contributed by atoms with Gasteiger partial charge in [0.25, 0.3) is 0 Å². The summed E-state index contributed by atoms with van der Waals surface area (Å²) in [7, 11) is 0. The van der Waals surface area contributed by atoms with Crippen molar-refractivity contribution in [2.75, 3.05) is 0 Å². The summed E-state index contributed by atoms with van der Waals surface area (Å²) < 4.78 is 0. The number of benzene rings is 1. The summed E-state index contributed by atoms with van der Waals surface area (Å²) in [6, 6.07) is 7.45. The fourth-order valence-electron chi connectivity index (χ4n) is 2.23. The molecule has 1 unspecified atom stereocenters. The van der Waals surface area contributed by atoms with Crippen LogP contribution in [0.25, 0.3) is 0 Å². The van der Waals surface area contributed by atoms with Crippen LogP contribution in [0.15, 0.2) is 24.3 Å². The molecule has 94 valence electrons. The molecule has 2 nitrogen and oxygen atoms in total. The largest absolute Gasteiger partial charge is 0.481 e. The van der Waals surface area contributed by atoms with Crippen LogP contribution >= 0.6 is 11.6 Å². The molecule has 0 aliphatic carbocycles. The van der Waals surface area contributed by atoms with Crippen LogP contribution in [-0.2, 0) is 11.2 Å². The molecule has 1 aromatic rings. The molecular formula is C14H19ClO2. The minimum atomic E-state index is -0.710. The molecular weight excluding hydrogens is 236 g/mol. The highest BCUT2D eigenvalue weighted by Gasteiger charge is 2.25. The minimum absolute atomic E-state index is 0.228. The molecule has 1 N–H and O–H groups in total. The van der Waals surface area contributed by atoms with Gasteiger partial charge in [0.05, 0.1) is 5.92 Å². The maximum Gasteiger partial charge on any atom is 0.307 e. The third kappa shape index (κ3) is 4.04. The van der Waals surface area contributed by atoms with Crippen LogP contribution in [0.4, 0.5) is 0 Å². The van der Waals surface area contributed by atoms with Crippen molar-refractivity contribution >= 4 is 17.6 Å². The fourth-order valence-corrected chi connectivity index (χ4v) is 2.44. The Morgan fingerprint density at radius 1 is 1.35 bits per heavy atom. The Kier molecular flexibility index (Phi) is 5.49. The van der Waals surface area contributed by atoms with E-state index in [-0.39, 0.29) is 11.8 Å². The van der Waals surface area contributed by atoms with Crippen molar-refractivity contribution in [3.8, 4) is 0 Å². The molecule has 0 saturated heterocycles. The highest BCUT2D eigenvalue weighted by molar-refractivity contribution is 6.30. The van der Waals surface area contributed by atoms with E-state index in [0.29, 0.717) is 11.4 Å². The lowest BCUT2D eigenvalue weighted by atomic mass is 9.83. The van der Waals surface area contributed by atoms with E-state index in [1.54, 1.807) is 6.07 Å². The van der Waals surface area contributed by atoms with E-state index in [1.165, 1.54) is 0 Å². The number of hydrogen-bond acceptors (Lipinski definition) is 1. The standard InChI is InChI=1S/C14H19ClO2/c1-3-11(4-2)13(14(16)17)9-10-6-5-7-12(15)8-10/h5-8,11,13H,3-4,9H2,1-2H3,(H,16,17). The van der Waals surface area contributed by atoms with E-state index in [2.05, 4.69) is 0 Å². The lowest BCUT2D eigenvalue weighted by Crippen LogP contribution is -2.25. The molecule has 0 saturated carbocycles. The van der Waals surface area contributed by atoms with Crippen molar-refractivity contribution in [2.45, 2.75) is 33.1 Å². The highest BCUT2D eigenvalue weighted by atomic mass is 35.5. The minimum Gasteiger partial charge on any atom is -0.481 e. The molecule has 0 heterocycles. The van der Waals surface area contributed by atoms with Gasteiger partial charge >= 0.3 is 5.97 Å². The molecule has 3 heteroatoms. The second-order valence-electron chi connectivity index (χ2n) is 4.36. The zero-order valence-electron chi connectivity index (χ0n) is 10.3. The second-order valence-corrected chi connectivity index (χ2v) is 4.79. The number of hydrogen-bond donors (Lipinski definition) is 1. The van der Waals surface area contributed by atoms with Gasteiger partial charge in [-0.1, -0.05) is 50.4 Å². The van der Waals surface area contributed by atoms with Gasteiger partial charge in [0.1, 0.15) is 0 Å². The number of carbonyl (C=O) groups is 1. The average Bonchev–Trinajstić information content (AvgIpc) is 2.29. The lowest BCUT2D eigenvalue weighted by Gasteiger charge is -2.21. The van der Waals surface area contributed by atoms with Crippen LogP contribution in [0.3, 0.4) is 0 Å². The molecule has 0 aromatic heterocycles. The van der Waals surface area contributed by atoms with Crippen molar-refractivity contribution in [1.82, 2.24) is 0 Å². The number of aliphatic carboxylic acids is 1. The van der Waals surface area contributed by atoms with Crippen molar-refractivity contribution in [3.05, 3.63) is 34.9 Å². The normalized spacial score (nSPS) is 12.7. The van der Waals surface area contributed by atoms with Gasteiger partial charge in [0.15, 0.2) is 0 Å². The van der Waals surface area contributed by atoms with Gasteiger partial charge in [-0.2, -0.15) is 0 Å². The number of halogens is 1. The first kappa shape index (κ1) is 14.0. The predicted octanol–water partition coefficient (Wildman–Crippen LogP) is 4.02. The van der Waals surface area contributed by atoms with Crippen molar-refractivity contribution in [3.63, 3.8) is 0 Å².